The van der Waals surface area contributed by atoms with Gasteiger partial charge in [0, 0.05) is 54.4 Å². The minimum atomic E-state index is -1.46. The topological polar surface area (TPSA) is 368 Å². The molecule has 4 aliphatic rings. The van der Waals surface area contributed by atoms with Crippen LogP contribution < -0.4 is 54.0 Å². The molecule has 1 aromatic carbocycles. The van der Waals surface area contributed by atoms with Crippen LogP contribution in [0.2, 0.25) is 0 Å². The average Bonchev–Trinajstić information content (AvgIpc) is 4.04. The number of carboxylic acid groups (broad SMARTS) is 1. The smallest absolute Gasteiger partial charge is 0.326 e. The molecule has 7 rings (SSSR count). The zero-order valence-corrected chi connectivity index (χ0v) is 40.7. The third-order valence-electron chi connectivity index (χ3n) is 12.8. The van der Waals surface area contributed by atoms with E-state index in [1.165, 1.54) is 6.33 Å². The summed E-state index contributed by atoms with van der Waals surface area (Å²) in [6.45, 7) is 10.3. The second kappa shape index (κ2) is 22.9. The number of benzene rings is 1. The Morgan fingerprint density at radius 3 is 2.20 bits per heavy atom. The van der Waals surface area contributed by atoms with Crippen LogP contribution in [-0.4, -0.2) is 134 Å². The van der Waals surface area contributed by atoms with Crippen LogP contribution in [0.3, 0.4) is 0 Å². The van der Waals surface area contributed by atoms with Crippen LogP contribution in [0.1, 0.15) is 96.4 Å². The van der Waals surface area contributed by atoms with Gasteiger partial charge in [-0.15, -0.1) is 0 Å². The highest BCUT2D eigenvalue weighted by Crippen LogP contribution is 2.35. The van der Waals surface area contributed by atoms with E-state index in [1.54, 1.807) is 42.8 Å². The van der Waals surface area contributed by atoms with E-state index in [1.807, 2.05) is 27.7 Å². The molecule has 71 heavy (non-hydrogen) atoms. The minimum absolute atomic E-state index is 0.0333. The van der Waals surface area contributed by atoms with Gasteiger partial charge in [-0.2, -0.15) is 0 Å². The van der Waals surface area contributed by atoms with E-state index in [9.17, 15) is 48.3 Å². The number of carboxylic acids is 1. The van der Waals surface area contributed by atoms with Crippen molar-refractivity contribution in [2.24, 2.45) is 34.2 Å². The molecule has 1 saturated heterocycles. The van der Waals surface area contributed by atoms with Crippen LogP contribution in [0.4, 0.5) is 0 Å². The van der Waals surface area contributed by atoms with Gasteiger partial charge in [0.05, 0.1) is 12.2 Å². The first kappa shape index (κ1) is 52.8. The number of carbonyl (C=O) groups excluding carboxylic acids is 8. The molecular formula is C47H66N14O10. The van der Waals surface area contributed by atoms with Gasteiger partial charge in [0.15, 0.2) is 5.96 Å². The number of aliphatic imine (C=N–C) groups is 1. The summed E-state index contributed by atoms with van der Waals surface area (Å²) in [6.07, 6.45) is 3.13. The molecule has 0 aliphatic carbocycles. The number of nitrogens with two attached hydrogens (primary N) is 2. The Hall–Kier alpha value is -7.53. The molecule has 3 aromatic rings. The predicted octanol–water partition coefficient (Wildman–Crippen LogP) is -1.65. The Labute approximate surface area is 409 Å². The normalized spacial score (nSPS) is 24.9. The van der Waals surface area contributed by atoms with Gasteiger partial charge in [0.1, 0.15) is 54.4 Å². The molecule has 0 spiro atoms. The summed E-state index contributed by atoms with van der Waals surface area (Å²) < 4.78 is 1.58. The molecule has 8 amide bonds. The SMILES string of the molecule is CC(C)C[C@@H]1NC(=O)[C@@H](NC(=O)[C@@H]2CCC(=O)N2)[C@@H](C(C)C)c2ccc3c4c([nH]c3c2)-n2cnc(c2)C[C@H](C(=O)O)NC(=O)CNC(=O)[C@H](CCCN=C(N)N)NC(=O)[C@H](C4)NC(=O)[C@H](C(C)C)NC1=O. The van der Waals surface area contributed by atoms with Gasteiger partial charge in [0.25, 0.3) is 0 Å². The number of aromatic amines is 1. The Morgan fingerprint density at radius 2 is 1.55 bits per heavy atom. The van der Waals surface area contributed by atoms with Gasteiger partial charge in [0.2, 0.25) is 47.3 Å². The molecule has 7 bridgehead atoms. The van der Waals surface area contributed by atoms with Gasteiger partial charge in [-0.25, -0.2) is 9.78 Å². The lowest BCUT2D eigenvalue weighted by Gasteiger charge is -2.33. The lowest BCUT2D eigenvalue weighted by molar-refractivity contribution is -0.141. The Bertz CT molecular complexity index is 2560. The average molecular weight is 987 g/mol. The summed E-state index contributed by atoms with van der Waals surface area (Å²) in [5.74, 6) is -8.44. The number of H-pyrrole nitrogens is 1. The van der Waals surface area contributed by atoms with Crippen molar-refractivity contribution in [3.05, 3.63) is 47.5 Å². The summed E-state index contributed by atoms with van der Waals surface area (Å²) in [7, 11) is 0. The first-order valence-electron chi connectivity index (χ1n) is 23.9. The molecule has 0 saturated carbocycles. The van der Waals surface area contributed by atoms with Crippen molar-refractivity contribution in [1.29, 1.82) is 0 Å². The summed E-state index contributed by atoms with van der Waals surface area (Å²) in [4.78, 5) is 136. The van der Waals surface area contributed by atoms with Crippen molar-refractivity contribution in [1.82, 2.24) is 57.1 Å². The summed E-state index contributed by atoms with van der Waals surface area (Å²) >= 11 is 0. The molecule has 14 N–H and O–H groups in total. The third-order valence-corrected chi connectivity index (χ3v) is 12.8. The van der Waals surface area contributed by atoms with Crippen molar-refractivity contribution in [2.45, 2.75) is 135 Å². The highest BCUT2D eigenvalue weighted by atomic mass is 16.4. The minimum Gasteiger partial charge on any atom is -0.480 e. The number of nitrogens with one attached hydrogen (secondary N) is 9. The molecule has 24 heteroatoms. The second-order valence-electron chi connectivity index (χ2n) is 19.5. The molecule has 0 unspecified atom stereocenters. The number of imidazole rings is 1. The standard InChI is InChI=1S/C47H66N14O10/c1-21(2)14-31-43(67)59-37(23(5)6)44(68)58-32-17-27-26-10-9-24(36(22(3)4)38(45(69)57-31)60-41(65)29-11-12-34(62)53-29)15-30(26)55-39(27)61-19-25(52-20-61)16-33(46(70)71)54-35(63)18-51-40(64)28(56-42(32)66)8-7-13-50-47(48)49/h9-10,15,19-23,28-29,31-33,36-38,55H,7-8,11-14,16-18H2,1-6H3,(H,51,64)(H,53,62)(H,54,63)(H,56,66)(H,57,69)(H,58,68)(H,59,67)(H,60,65)(H,70,71)(H4,48,49,50)/t28-,29-,31-,32-,33+,36-,37-,38-/m0/s1. The number of aromatic nitrogens is 3. The number of hydrogen-bond donors (Lipinski definition) is 12. The van der Waals surface area contributed by atoms with Gasteiger partial charge >= 0.3 is 5.97 Å². The van der Waals surface area contributed by atoms with E-state index in [0.717, 1.165) is 0 Å². The lowest BCUT2D eigenvalue weighted by Crippen LogP contribution is -2.61. The molecule has 384 valence electrons. The molecule has 4 aliphatic heterocycles. The number of nitrogens with zero attached hydrogens (tertiary/aromatic N) is 3. The van der Waals surface area contributed by atoms with E-state index in [4.69, 9.17) is 11.5 Å². The van der Waals surface area contributed by atoms with Crippen LogP contribution in [0.5, 0.6) is 0 Å². The molecule has 1 fully saturated rings. The van der Waals surface area contributed by atoms with Crippen molar-refractivity contribution >= 4 is 70.1 Å². The molecule has 2 aromatic heterocycles. The fraction of sp³-hybridized carbons (Fsp3) is 0.553. The molecule has 24 nitrogen and oxygen atoms in total. The molecule has 8 atom stereocenters. The lowest BCUT2D eigenvalue weighted by atomic mass is 9.81. The maximum Gasteiger partial charge on any atom is 0.326 e. The Balaban J connectivity index is 1.57. The molecule has 6 heterocycles. The van der Waals surface area contributed by atoms with Crippen LogP contribution in [-0.2, 0) is 56.0 Å². The van der Waals surface area contributed by atoms with Crippen LogP contribution >= 0.6 is 0 Å². The number of carbonyl (C=O) groups is 9. The van der Waals surface area contributed by atoms with E-state index in [-0.39, 0.29) is 80.9 Å². The maximum atomic E-state index is 14.8. The fourth-order valence-electron chi connectivity index (χ4n) is 9.25. The summed E-state index contributed by atoms with van der Waals surface area (Å²) in [5.41, 5.74) is 12.8. The van der Waals surface area contributed by atoms with Crippen molar-refractivity contribution in [3.63, 3.8) is 0 Å². The predicted molar refractivity (Wildman–Crippen MR) is 258 cm³/mol. The van der Waals surface area contributed by atoms with Crippen LogP contribution in [0.25, 0.3) is 16.7 Å². The van der Waals surface area contributed by atoms with Gasteiger partial charge in [-0.3, -0.25) is 47.9 Å². The van der Waals surface area contributed by atoms with Gasteiger partial charge in [-0.05, 0) is 55.1 Å². The summed E-state index contributed by atoms with van der Waals surface area (Å²) in [5, 5.41) is 32.4. The van der Waals surface area contributed by atoms with Gasteiger partial charge in [-0.1, -0.05) is 53.7 Å². The largest absolute Gasteiger partial charge is 0.480 e. The quantitative estimate of drug-likeness (QED) is 0.0444. The number of amides is 8. The number of fused-ring (bicyclic) bond motifs is 13. The van der Waals surface area contributed by atoms with Crippen LogP contribution in [0.15, 0.2) is 35.7 Å². The van der Waals surface area contributed by atoms with E-state index < -0.39 is 108 Å². The maximum absolute atomic E-state index is 14.8. The first-order chi connectivity index (χ1) is 33.6. The zero-order chi connectivity index (χ0) is 51.8. The monoisotopic (exact) mass is 987 g/mol. The number of guanidine groups is 1. The second-order valence-corrected chi connectivity index (χ2v) is 19.5. The van der Waals surface area contributed by atoms with E-state index in [0.29, 0.717) is 27.8 Å². The Kier molecular flexibility index (Phi) is 17.1. The third kappa shape index (κ3) is 13.2. The number of rotatable bonds is 11. The van der Waals surface area contributed by atoms with Crippen molar-refractivity contribution in [3.8, 4) is 5.82 Å². The van der Waals surface area contributed by atoms with Crippen molar-refractivity contribution in [2.75, 3.05) is 13.1 Å². The van der Waals surface area contributed by atoms with Crippen molar-refractivity contribution < 1.29 is 48.3 Å². The Morgan fingerprint density at radius 1 is 0.831 bits per heavy atom. The molecule has 0 radical (unpaired) electrons. The first-order valence-corrected chi connectivity index (χ1v) is 23.9. The van der Waals surface area contributed by atoms with Gasteiger partial charge < -0.3 is 64.1 Å². The van der Waals surface area contributed by atoms with Crippen LogP contribution in [0, 0.1) is 17.8 Å². The van der Waals surface area contributed by atoms with E-state index >= 15 is 0 Å². The summed E-state index contributed by atoms with van der Waals surface area (Å²) in [6, 6.07) is -3.50. The fourth-order valence-corrected chi connectivity index (χ4v) is 9.25. The number of hydrogen-bond acceptors (Lipinski definition) is 11. The zero-order valence-electron chi connectivity index (χ0n) is 40.7. The van der Waals surface area contributed by atoms with E-state index in [2.05, 4.69) is 57.5 Å². The highest BCUT2D eigenvalue weighted by molar-refractivity contribution is 5.99. The molecular weight excluding hydrogens is 921 g/mol. The number of aliphatic carboxylic acids is 1. The highest BCUT2D eigenvalue weighted by Gasteiger charge is 2.40.